The van der Waals surface area contributed by atoms with Crippen LogP contribution in [0.25, 0.3) is 137 Å². The van der Waals surface area contributed by atoms with Gasteiger partial charge in [-0.3, -0.25) is 0 Å². The zero-order chi connectivity index (χ0) is 52.5. The zero-order valence-electron chi connectivity index (χ0n) is 43.5. The first kappa shape index (κ1) is 47.1. The van der Waals surface area contributed by atoms with E-state index in [0.29, 0.717) is 0 Å². The molecule has 0 aliphatic heterocycles. The van der Waals surface area contributed by atoms with Crippen molar-refractivity contribution in [2.24, 2.45) is 0 Å². The fourth-order valence-electron chi connectivity index (χ4n) is 12.2. The van der Waals surface area contributed by atoms with Crippen LogP contribution in [0.15, 0.2) is 322 Å². The number of nitrogens with zero attached hydrogens (tertiary/aromatic N) is 1. The van der Waals surface area contributed by atoms with Crippen LogP contribution < -0.4 is 0 Å². The van der Waals surface area contributed by atoms with Crippen LogP contribution in [-0.4, -0.2) is 4.57 Å². The minimum Gasteiger partial charge on any atom is -0.309 e. The summed E-state index contributed by atoms with van der Waals surface area (Å²) < 4.78 is 2.38. The lowest BCUT2D eigenvalue weighted by atomic mass is 9.86. The predicted octanol–water partition coefficient (Wildman–Crippen LogP) is 21.7. The molecule has 0 bridgehead atoms. The van der Waals surface area contributed by atoms with E-state index in [1.807, 2.05) is 0 Å². The van der Waals surface area contributed by atoms with Crippen LogP contribution in [-0.2, 0) is 0 Å². The second kappa shape index (κ2) is 20.7. The number of hydrogen-bond acceptors (Lipinski definition) is 0. The highest BCUT2D eigenvalue weighted by atomic mass is 15.0. The summed E-state index contributed by atoms with van der Waals surface area (Å²) in [5, 5.41) is 18.1. The number of rotatable bonds is 5. The van der Waals surface area contributed by atoms with Crippen molar-refractivity contribution in [1.82, 2.24) is 4.57 Å². The topological polar surface area (TPSA) is 4.93 Å². The standard InChI is InChI=1S/C38H25N.C26H18.C14H10/c1-2-12-26(13-3-1)37-31-16-4-6-18-33(31)38(34-19-7-5-17-32(34)37)27-22-24-28(25-23-27)39-35-20-10-8-14-29(35)30-15-9-11-21-36(30)39;1-3-11-19(12-4-1)25-21-15-7-9-17-23(21)26(20-13-5-2-6-14-20)24-18-10-8-16-22(24)25;1-2-6-12-10-14-8-4-3-7-13(14)9-11(12)5-1/h1-25H;1-18H;1-10H. The summed E-state index contributed by atoms with van der Waals surface area (Å²) in [6.45, 7) is 0. The van der Waals surface area contributed by atoms with Gasteiger partial charge in [0.25, 0.3) is 0 Å². The molecule has 0 atom stereocenters. The van der Waals surface area contributed by atoms with Gasteiger partial charge in [-0.2, -0.15) is 0 Å². The van der Waals surface area contributed by atoms with Gasteiger partial charge in [-0.25, -0.2) is 0 Å². The van der Waals surface area contributed by atoms with E-state index in [2.05, 4.69) is 326 Å². The van der Waals surface area contributed by atoms with Crippen LogP contribution in [0.2, 0.25) is 0 Å². The van der Waals surface area contributed by atoms with Gasteiger partial charge in [-0.05, 0) is 146 Å². The van der Waals surface area contributed by atoms with E-state index in [4.69, 9.17) is 0 Å². The molecule has 0 fully saturated rings. The van der Waals surface area contributed by atoms with E-state index in [-0.39, 0.29) is 0 Å². The van der Waals surface area contributed by atoms with Gasteiger partial charge in [0, 0.05) is 16.5 Å². The molecule has 0 amide bonds. The molecule has 0 radical (unpaired) electrons. The highest BCUT2D eigenvalue weighted by molar-refractivity contribution is 6.23. The summed E-state index contributed by atoms with van der Waals surface area (Å²) in [5.41, 5.74) is 13.9. The molecule has 370 valence electrons. The molecular weight excluding hydrogens is 951 g/mol. The van der Waals surface area contributed by atoms with E-state index >= 15 is 0 Å². The van der Waals surface area contributed by atoms with Crippen LogP contribution in [0, 0.1) is 0 Å². The Morgan fingerprint density at radius 2 is 0.380 bits per heavy atom. The van der Waals surface area contributed by atoms with E-state index < -0.39 is 0 Å². The van der Waals surface area contributed by atoms with Gasteiger partial charge in [-0.15, -0.1) is 0 Å². The molecule has 0 saturated carbocycles. The highest BCUT2D eigenvalue weighted by Gasteiger charge is 2.19. The van der Waals surface area contributed by atoms with E-state index in [1.54, 1.807) is 0 Å². The Morgan fingerprint density at radius 3 is 0.658 bits per heavy atom. The predicted molar refractivity (Wildman–Crippen MR) is 340 cm³/mol. The van der Waals surface area contributed by atoms with E-state index in [1.165, 1.54) is 137 Å². The SMILES string of the molecule is c1ccc(-c2c3ccccc3c(-c3ccc(-n4c5ccccc5c5ccccc54)cc3)c3ccccc23)cc1.c1ccc(-c2c3ccccc3c(-c3ccccc3)c3ccccc23)cc1.c1ccc2cc3ccccc3cc2c1. The second-order valence-corrected chi connectivity index (χ2v) is 20.2. The molecule has 1 heteroatoms. The van der Waals surface area contributed by atoms with Gasteiger partial charge in [0.15, 0.2) is 0 Å². The fraction of sp³-hybridized carbons (Fsp3) is 0. The summed E-state index contributed by atoms with van der Waals surface area (Å²) in [4.78, 5) is 0. The van der Waals surface area contributed by atoms with Crippen molar-refractivity contribution >= 4 is 86.4 Å². The summed E-state index contributed by atoms with van der Waals surface area (Å²) in [6, 6.07) is 115. The van der Waals surface area contributed by atoms with Crippen molar-refractivity contribution < 1.29 is 0 Å². The van der Waals surface area contributed by atoms with Gasteiger partial charge in [0.1, 0.15) is 0 Å². The molecule has 1 heterocycles. The smallest absolute Gasteiger partial charge is 0.0541 e. The average molecular weight is 1000 g/mol. The molecule has 0 unspecified atom stereocenters. The molecule has 1 nitrogen and oxygen atoms in total. The Balaban J connectivity index is 0.000000120. The van der Waals surface area contributed by atoms with E-state index in [0.717, 1.165) is 0 Å². The summed E-state index contributed by atoms with van der Waals surface area (Å²) in [6.07, 6.45) is 0. The molecule has 0 aliphatic rings. The van der Waals surface area contributed by atoms with Crippen molar-refractivity contribution in [3.8, 4) is 50.2 Å². The monoisotopic (exact) mass is 1000 g/mol. The Morgan fingerprint density at radius 1 is 0.165 bits per heavy atom. The molecule has 79 heavy (non-hydrogen) atoms. The quantitative estimate of drug-likeness (QED) is 0.151. The van der Waals surface area contributed by atoms with Crippen LogP contribution >= 0.6 is 0 Å². The van der Waals surface area contributed by atoms with Crippen molar-refractivity contribution in [3.63, 3.8) is 0 Å². The highest BCUT2D eigenvalue weighted by Crippen LogP contribution is 2.45. The molecule has 16 aromatic rings. The minimum absolute atomic E-state index is 1.17. The normalized spacial score (nSPS) is 11.3. The van der Waals surface area contributed by atoms with Crippen LogP contribution in [0.3, 0.4) is 0 Å². The maximum atomic E-state index is 2.38. The first-order valence-corrected chi connectivity index (χ1v) is 27.2. The molecule has 16 rings (SSSR count). The molecule has 0 saturated heterocycles. The molecule has 0 N–H and O–H groups in total. The third kappa shape index (κ3) is 8.65. The summed E-state index contributed by atoms with van der Waals surface area (Å²) in [5.74, 6) is 0. The Hall–Kier alpha value is -10.3. The molecule has 0 aliphatic carbocycles. The molecule has 1 aromatic heterocycles. The number of fused-ring (bicyclic) bond motifs is 9. The van der Waals surface area contributed by atoms with Crippen molar-refractivity contribution in [3.05, 3.63) is 322 Å². The van der Waals surface area contributed by atoms with Gasteiger partial charge in [0.05, 0.1) is 11.0 Å². The minimum atomic E-state index is 1.17. The Bertz CT molecular complexity index is 4490. The maximum absolute atomic E-state index is 2.38. The van der Waals surface area contributed by atoms with Crippen LogP contribution in [0.5, 0.6) is 0 Å². The average Bonchev–Trinajstić information content (AvgIpc) is 4.02. The lowest BCUT2D eigenvalue weighted by Crippen LogP contribution is -1.94. The lowest BCUT2D eigenvalue weighted by Gasteiger charge is -2.18. The van der Waals surface area contributed by atoms with E-state index in [9.17, 15) is 0 Å². The second-order valence-electron chi connectivity index (χ2n) is 20.2. The third-order valence-electron chi connectivity index (χ3n) is 15.7. The van der Waals surface area contributed by atoms with Gasteiger partial charge in [-0.1, -0.05) is 285 Å². The van der Waals surface area contributed by atoms with Gasteiger partial charge >= 0.3 is 0 Å². The summed E-state index contributed by atoms with van der Waals surface area (Å²) in [7, 11) is 0. The maximum Gasteiger partial charge on any atom is 0.0541 e. The molecule has 0 spiro atoms. The Kier molecular flexibility index (Phi) is 12.3. The van der Waals surface area contributed by atoms with Gasteiger partial charge < -0.3 is 4.57 Å². The first-order chi connectivity index (χ1) is 39.2. The third-order valence-corrected chi connectivity index (χ3v) is 15.7. The molecule has 15 aromatic carbocycles. The number of para-hydroxylation sites is 2. The fourth-order valence-corrected chi connectivity index (χ4v) is 12.2. The van der Waals surface area contributed by atoms with Crippen molar-refractivity contribution in [2.75, 3.05) is 0 Å². The zero-order valence-corrected chi connectivity index (χ0v) is 43.5. The van der Waals surface area contributed by atoms with Crippen LogP contribution in [0.4, 0.5) is 0 Å². The van der Waals surface area contributed by atoms with Gasteiger partial charge in [0.2, 0.25) is 0 Å². The summed E-state index contributed by atoms with van der Waals surface area (Å²) >= 11 is 0. The Labute approximate surface area is 460 Å². The molecular formula is C78H53N. The lowest BCUT2D eigenvalue weighted by molar-refractivity contribution is 1.18. The largest absolute Gasteiger partial charge is 0.309 e. The number of hydrogen-bond donors (Lipinski definition) is 0. The van der Waals surface area contributed by atoms with Crippen molar-refractivity contribution in [2.45, 2.75) is 0 Å². The number of aromatic nitrogens is 1. The van der Waals surface area contributed by atoms with Crippen molar-refractivity contribution in [1.29, 1.82) is 0 Å². The number of benzene rings is 15. The van der Waals surface area contributed by atoms with Crippen LogP contribution in [0.1, 0.15) is 0 Å². The first-order valence-electron chi connectivity index (χ1n) is 27.2.